The lowest BCUT2D eigenvalue weighted by atomic mass is 10.0. The van der Waals surface area contributed by atoms with E-state index in [0.717, 1.165) is 12.0 Å². The molecule has 2 atom stereocenters. The molecule has 0 aliphatic carbocycles. The second-order valence-electron chi connectivity index (χ2n) is 5.99. The van der Waals surface area contributed by atoms with Crippen LogP contribution in [0.3, 0.4) is 0 Å². The normalized spacial score (nSPS) is 13.6. The van der Waals surface area contributed by atoms with Crippen LogP contribution >= 0.6 is 0 Å². The highest BCUT2D eigenvalue weighted by Crippen LogP contribution is 2.22. The zero-order valence-electron chi connectivity index (χ0n) is 13.5. The Labute approximate surface area is 136 Å². The lowest BCUT2D eigenvalue weighted by Crippen LogP contribution is -2.45. The van der Waals surface area contributed by atoms with Gasteiger partial charge in [-0.2, -0.15) is 0 Å². The van der Waals surface area contributed by atoms with Crippen molar-refractivity contribution < 1.29 is 14.3 Å². The summed E-state index contributed by atoms with van der Waals surface area (Å²) in [6.07, 6.45) is 2.31. The molecule has 0 saturated carbocycles. The second-order valence-corrected chi connectivity index (χ2v) is 5.99. The zero-order valence-corrected chi connectivity index (χ0v) is 13.5. The van der Waals surface area contributed by atoms with Crippen molar-refractivity contribution in [3.8, 4) is 0 Å². The molecule has 1 aromatic carbocycles. The molecular weight excluding hydrogens is 292 g/mol. The lowest BCUT2D eigenvalue weighted by molar-refractivity contribution is 0.205. The van der Waals surface area contributed by atoms with Gasteiger partial charge in [0, 0.05) is 0 Å². The number of benzene rings is 1. The van der Waals surface area contributed by atoms with Crippen molar-refractivity contribution in [3.63, 3.8) is 0 Å². The van der Waals surface area contributed by atoms with Crippen LogP contribution in [0, 0.1) is 5.92 Å². The Morgan fingerprint density at radius 1 is 1.13 bits per heavy atom. The number of aliphatic hydroxyl groups excluding tert-OH is 1. The molecule has 23 heavy (non-hydrogen) atoms. The van der Waals surface area contributed by atoms with Gasteiger partial charge in [0.1, 0.15) is 11.8 Å². The molecule has 0 bridgehead atoms. The number of rotatable bonds is 7. The van der Waals surface area contributed by atoms with Gasteiger partial charge in [-0.1, -0.05) is 44.2 Å². The van der Waals surface area contributed by atoms with E-state index in [9.17, 15) is 9.90 Å². The zero-order chi connectivity index (χ0) is 16.7. The summed E-state index contributed by atoms with van der Waals surface area (Å²) in [6, 6.07) is 12.3. The summed E-state index contributed by atoms with van der Waals surface area (Å²) in [6.45, 7) is 4.03. The first-order valence-corrected chi connectivity index (χ1v) is 7.86. The largest absolute Gasteiger partial charge is 0.467 e. The fraction of sp³-hybridized carbons (Fsp3) is 0.389. The van der Waals surface area contributed by atoms with Crippen LogP contribution in [0.1, 0.15) is 37.6 Å². The SMILES string of the molecule is CC(C)CC(CO)NC(=O)NC(c1ccccc1)c1ccco1. The van der Waals surface area contributed by atoms with Gasteiger partial charge in [-0.05, 0) is 30.0 Å². The number of amides is 2. The molecule has 2 rings (SSSR count). The first kappa shape index (κ1) is 17.1. The number of urea groups is 1. The molecule has 0 radical (unpaired) electrons. The van der Waals surface area contributed by atoms with Gasteiger partial charge >= 0.3 is 6.03 Å². The van der Waals surface area contributed by atoms with E-state index in [2.05, 4.69) is 24.5 Å². The number of aliphatic hydroxyl groups is 1. The fourth-order valence-corrected chi connectivity index (χ4v) is 2.53. The van der Waals surface area contributed by atoms with Gasteiger partial charge in [0.25, 0.3) is 0 Å². The molecule has 0 aliphatic heterocycles. The van der Waals surface area contributed by atoms with Crippen LogP contribution in [0.2, 0.25) is 0 Å². The Morgan fingerprint density at radius 3 is 2.43 bits per heavy atom. The maximum atomic E-state index is 12.3. The molecular formula is C18H24N2O3. The molecule has 0 aliphatic rings. The lowest BCUT2D eigenvalue weighted by Gasteiger charge is -2.22. The third-order valence-corrected chi connectivity index (χ3v) is 3.55. The van der Waals surface area contributed by atoms with Crippen LogP contribution < -0.4 is 10.6 Å². The Morgan fingerprint density at radius 2 is 1.87 bits per heavy atom. The average molecular weight is 316 g/mol. The van der Waals surface area contributed by atoms with Gasteiger partial charge < -0.3 is 20.2 Å². The van der Waals surface area contributed by atoms with Crippen LogP contribution in [0.25, 0.3) is 0 Å². The van der Waals surface area contributed by atoms with Crippen molar-refractivity contribution in [2.75, 3.05) is 6.61 Å². The number of furan rings is 1. The molecule has 1 aromatic heterocycles. The van der Waals surface area contributed by atoms with Gasteiger partial charge in [-0.25, -0.2) is 4.79 Å². The predicted molar refractivity (Wildman–Crippen MR) is 89.0 cm³/mol. The van der Waals surface area contributed by atoms with E-state index in [1.165, 1.54) is 0 Å². The van der Waals surface area contributed by atoms with Gasteiger partial charge in [0.15, 0.2) is 0 Å². The molecule has 0 saturated heterocycles. The summed E-state index contributed by atoms with van der Waals surface area (Å²) in [7, 11) is 0. The first-order valence-electron chi connectivity index (χ1n) is 7.86. The maximum absolute atomic E-state index is 12.3. The van der Waals surface area contributed by atoms with Crippen molar-refractivity contribution in [3.05, 3.63) is 60.1 Å². The first-order chi connectivity index (χ1) is 11.1. The van der Waals surface area contributed by atoms with E-state index < -0.39 is 0 Å². The van der Waals surface area contributed by atoms with Crippen LogP contribution in [0.15, 0.2) is 53.1 Å². The second kappa shape index (κ2) is 8.39. The molecule has 0 spiro atoms. The minimum Gasteiger partial charge on any atom is -0.467 e. The highest BCUT2D eigenvalue weighted by molar-refractivity contribution is 5.75. The predicted octanol–water partition coefficient (Wildman–Crippen LogP) is 3.08. The van der Waals surface area contributed by atoms with E-state index in [4.69, 9.17) is 4.42 Å². The van der Waals surface area contributed by atoms with Crippen molar-refractivity contribution in [1.29, 1.82) is 0 Å². The molecule has 124 valence electrons. The van der Waals surface area contributed by atoms with Crippen molar-refractivity contribution >= 4 is 6.03 Å². The fourth-order valence-electron chi connectivity index (χ4n) is 2.53. The highest BCUT2D eigenvalue weighted by Gasteiger charge is 2.21. The smallest absolute Gasteiger partial charge is 0.315 e. The maximum Gasteiger partial charge on any atom is 0.315 e. The standard InChI is InChI=1S/C18H24N2O3/c1-13(2)11-15(12-21)19-18(22)20-17(16-9-6-10-23-16)14-7-4-3-5-8-14/h3-10,13,15,17,21H,11-12H2,1-2H3,(H2,19,20,22). The van der Waals surface area contributed by atoms with Crippen LogP contribution in [-0.4, -0.2) is 23.8 Å². The molecule has 2 amide bonds. The minimum absolute atomic E-state index is 0.0810. The van der Waals surface area contributed by atoms with Gasteiger partial charge in [-0.3, -0.25) is 0 Å². The summed E-state index contributed by atoms with van der Waals surface area (Å²) >= 11 is 0. The van der Waals surface area contributed by atoms with Crippen LogP contribution in [-0.2, 0) is 0 Å². The number of hydrogen-bond donors (Lipinski definition) is 3. The number of nitrogens with one attached hydrogen (secondary N) is 2. The Balaban J connectivity index is 2.08. The number of carbonyl (C=O) groups is 1. The van der Waals surface area contributed by atoms with Crippen molar-refractivity contribution in [2.45, 2.75) is 32.4 Å². The molecule has 1 heterocycles. The van der Waals surface area contributed by atoms with Crippen molar-refractivity contribution in [2.24, 2.45) is 5.92 Å². The van der Waals surface area contributed by atoms with E-state index in [1.54, 1.807) is 12.3 Å². The topological polar surface area (TPSA) is 74.5 Å². The quantitative estimate of drug-likeness (QED) is 0.735. The van der Waals surface area contributed by atoms with Crippen molar-refractivity contribution in [1.82, 2.24) is 10.6 Å². The summed E-state index contributed by atoms with van der Waals surface area (Å²) in [5.74, 6) is 1.05. The van der Waals surface area contributed by atoms with Gasteiger partial charge in [0.05, 0.1) is 18.9 Å². The molecule has 5 nitrogen and oxygen atoms in total. The molecule has 5 heteroatoms. The van der Waals surface area contributed by atoms with E-state index in [1.807, 2.05) is 36.4 Å². The van der Waals surface area contributed by atoms with E-state index in [0.29, 0.717) is 11.7 Å². The third-order valence-electron chi connectivity index (χ3n) is 3.55. The highest BCUT2D eigenvalue weighted by atomic mass is 16.3. The molecule has 2 aromatic rings. The Kier molecular flexibility index (Phi) is 6.23. The third kappa shape index (κ3) is 5.14. The Hall–Kier alpha value is -2.27. The van der Waals surface area contributed by atoms with Gasteiger partial charge in [0.2, 0.25) is 0 Å². The van der Waals surface area contributed by atoms with Crippen LogP contribution in [0.4, 0.5) is 4.79 Å². The van der Waals surface area contributed by atoms with E-state index in [-0.39, 0.29) is 24.7 Å². The van der Waals surface area contributed by atoms with Gasteiger partial charge in [-0.15, -0.1) is 0 Å². The summed E-state index contributed by atoms with van der Waals surface area (Å²) in [5.41, 5.74) is 0.932. The summed E-state index contributed by atoms with van der Waals surface area (Å²) in [5, 5.41) is 15.1. The molecule has 3 N–H and O–H groups in total. The number of hydrogen-bond acceptors (Lipinski definition) is 3. The summed E-state index contributed by atoms with van der Waals surface area (Å²) in [4.78, 5) is 12.3. The minimum atomic E-state index is -0.371. The summed E-state index contributed by atoms with van der Waals surface area (Å²) < 4.78 is 5.45. The van der Waals surface area contributed by atoms with E-state index >= 15 is 0 Å². The number of carbonyl (C=O) groups excluding carboxylic acids is 1. The Bertz CT molecular complexity index is 582. The van der Waals surface area contributed by atoms with Crippen LogP contribution in [0.5, 0.6) is 0 Å². The monoisotopic (exact) mass is 316 g/mol. The average Bonchev–Trinajstić information content (AvgIpc) is 3.06. The molecule has 0 fully saturated rings. The molecule has 2 unspecified atom stereocenters.